The number of hydrogen-bond acceptors (Lipinski definition) is 6. The fourth-order valence-electron chi connectivity index (χ4n) is 5.75. The van der Waals surface area contributed by atoms with Gasteiger partial charge >= 0.3 is 6.18 Å². The summed E-state index contributed by atoms with van der Waals surface area (Å²) in [5.74, 6) is 0.791. The van der Waals surface area contributed by atoms with Crippen LogP contribution in [0, 0.1) is 0 Å². The van der Waals surface area contributed by atoms with Crippen molar-refractivity contribution in [3.05, 3.63) is 148 Å². The van der Waals surface area contributed by atoms with Crippen LogP contribution in [0.2, 0.25) is 5.02 Å². The van der Waals surface area contributed by atoms with Gasteiger partial charge < -0.3 is 14.8 Å². The Morgan fingerprint density at radius 3 is 1.94 bits per heavy atom. The van der Waals surface area contributed by atoms with Gasteiger partial charge in [-0.2, -0.15) is 22.6 Å². The van der Waals surface area contributed by atoms with E-state index in [9.17, 15) is 26.4 Å². The molecule has 0 aliphatic carbocycles. The maximum Gasteiger partial charge on any atom is 0.416 e. The van der Waals surface area contributed by atoms with Crippen molar-refractivity contribution < 1.29 is 35.9 Å². The minimum absolute atomic E-state index is 0.0113. The average Bonchev–Trinajstić information content (AvgIpc) is 3.54. The Kier molecular flexibility index (Phi) is 11.1. The van der Waals surface area contributed by atoms with Gasteiger partial charge in [0.15, 0.2) is 0 Å². The molecule has 9 nitrogen and oxygen atoms in total. The number of nitrogens with zero attached hydrogens (tertiary/aromatic N) is 3. The molecule has 0 atom stereocenters. The summed E-state index contributed by atoms with van der Waals surface area (Å²) in [5.41, 5.74) is 2.14. The van der Waals surface area contributed by atoms with Gasteiger partial charge in [0.2, 0.25) is 15.9 Å². The highest BCUT2D eigenvalue weighted by molar-refractivity contribution is 7.89. The first-order valence-corrected chi connectivity index (χ1v) is 18.1. The molecule has 0 radical (unpaired) electrons. The number of nitrogens with one attached hydrogen (secondary N) is 1. The fraction of sp³-hybridized carbons (Fsp3) is 0.179. The third-order valence-corrected chi connectivity index (χ3v) is 10.7. The van der Waals surface area contributed by atoms with Gasteiger partial charge in [0.1, 0.15) is 11.5 Å². The SMILES string of the molecule is COc1ccc(CN(Cc2ccc(OC)cc2)S(=O)(=O)c2cc(NC(=O)Cc3ccccc3Cl)cc3nn(Cc4ccc(C(F)(F)F)cc4)cc23)cc1. The Morgan fingerprint density at radius 1 is 0.830 bits per heavy atom. The Bertz CT molecular complexity index is 2280. The zero-order valence-corrected chi connectivity index (χ0v) is 30.2. The average molecular weight is 763 g/mol. The van der Waals surface area contributed by atoms with Crippen molar-refractivity contribution in [1.82, 2.24) is 14.1 Å². The Hall–Kier alpha value is -5.37. The molecule has 6 rings (SSSR count). The number of benzene rings is 5. The van der Waals surface area contributed by atoms with E-state index in [4.69, 9.17) is 21.1 Å². The molecule has 1 aromatic heterocycles. The number of rotatable bonds is 13. The molecule has 0 saturated heterocycles. The molecule has 0 fully saturated rings. The van der Waals surface area contributed by atoms with Crippen LogP contribution in [0.15, 0.2) is 120 Å². The zero-order chi connectivity index (χ0) is 37.8. The minimum atomic E-state index is -4.49. The van der Waals surface area contributed by atoms with Crippen molar-refractivity contribution in [3.8, 4) is 11.5 Å². The van der Waals surface area contributed by atoms with Gasteiger partial charge in [0.25, 0.3) is 0 Å². The quantitative estimate of drug-likeness (QED) is 0.127. The lowest BCUT2D eigenvalue weighted by atomic mass is 10.1. The molecule has 6 aromatic rings. The third kappa shape index (κ3) is 8.99. The summed E-state index contributed by atoms with van der Waals surface area (Å²) in [6, 6.07) is 28.6. The Labute approximate surface area is 309 Å². The van der Waals surface area contributed by atoms with E-state index in [0.717, 1.165) is 12.1 Å². The van der Waals surface area contributed by atoms with Crippen LogP contribution in [-0.2, 0) is 47.0 Å². The first-order chi connectivity index (χ1) is 25.3. The normalized spacial score (nSPS) is 11.9. The molecule has 1 amide bonds. The van der Waals surface area contributed by atoms with Crippen molar-refractivity contribution in [2.75, 3.05) is 19.5 Å². The van der Waals surface area contributed by atoms with Crippen LogP contribution in [0.3, 0.4) is 0 Å². The predicted octanol–water partition coefficient (Wildman–Crippen LogP) is 8.35. The number of carbonyl (C=O) groups is 1. The summed E-state index contributed by atoms with van der Waals surface area (Å²) >= 11 is 6.29. The van der Waals surface area contributed by atoms with E-state index >= 15 is 0 Å². The maximum absolute atomic E-state index is 14.9. The monoisotopic (exact) mass is 762 g/mol. The highest BCUT2D eigenvalue weighted by atomic mass is 35.5. The summed E-state index contributed by atoms with van der Waals surface area (Å²) in [6.45, 7) is 0.0349. The van der Waals surface area contributed by atoms with E-state index in [-0.39, 0.29) is 47.5 Å². The van der Waals surface area contributed by atoms with Gasteiger partial charge in [-0.1, -0.05) is 66.2 Å². The number of ether oxygens (including phenoxy) is 2. The number of anilines is 1. The summed E-state index contributed by atoms with van der Waals surface area (Å²) in [6.07, 6.45) is -3.02. The van der Waals surface area contributed by atoms with Crippen LogP contribution in [0.4, 0.5) is 18.9 Å². The standard InChI is InChI=1S/C39H34ClF3N4O5S/c1-51-32-15-9-27(10-16-32)23-47(24-28-11-17-33(52-2)18-12-28)53(49,50)37-21-31(44-38(48)19-29-5-3-4-6-35(29)40)20-36-34(37)25-46(45-36)22-26-7-13-30(14-8-26)39(41,42)43/h3-18,20-21,25H,19,22-24H2,1-2H3,(H,44,48). The molecule has 0 aliphatic heterocycles. The predicted molar refractivity (Wildman–Crippen MR) is 196 cm³/mol. The second-order valence-electron chi connectivity index (χ2n) is 12.2. The van der Waals surface area contributed by atoms with Crippen LogP contribution < -0.4 is 14.8 Å². The van der Waals surface area contributed by atoms with Crippen molar-refractivity contribution in [1.29, 1.82) is 0 Å². The number of fused-ring (bicyclic) bond motifs is 1. The molecular weight excluding hydrogens is 729 g/mol. The Morgan fingerprint density at radius 2 is 1.40 bits per heavy atom. The molecule has 0 aliphatic rings. The lowest BCUT2D eigenvalue weighted by molar-refractivity contribution is -0.137. The van der Waals surface area contributed by atoms with Gasteiger partial charge in [-0.3, -0.25) is 9.48 Å². The van der Waals surface area contributed by atoms with Gasteiger partial charge in [0.05, 0.1) is 43.2 Å². The topological polar surface area (TPSA) is 103 Å². The van der Waals surface area contributed by atoms with E-state index < -0.39 is 27.7 Å². The number of hydrogen-bond donors (Lipinski definition) is 1. The van der Waals surface area contributed by atoms with Crippen LogP contribution in [0.25, 0.3) is 10.9 Å². The highest BCUT2D eigenvalue weighted by Gasteiger charge is 2.31. The molecule has 14 heteroatoms. The number of aromatic nitrogens is 2. The van der Waals surface area contributed by atoms with E-state index in [2.05, 4.69) is 10.4 Å². The van der Waals surface area contributed by atoms with Crippen LogP contribution >= 0.6 is 11.6 Å². The molecule has 274 valence electrons. The molecule has 0 saturated carbocycles. The fourth-order valence-corrected chi connectivity index (χ4v) is 7.58. The van der Waals surface area contributed by atoms with Crippen molar-refractivity contribution in [2.45, 2.75) is 37.1 Å². The molecule has 1 heterocycles. The van der Waals surface area contributed by atoms with Crippen molar-refractivity contribution >= 4 is 44.1 Å². The summed E-state index contributed by atoms with van der Waals surface area (Å²) in [7, 11) is -1.26. The summed E-state index contributed by atoms with van der Waals surface area (Å²) in [4.78, 5) is 13.1. The molecule has 0 spiro atoms. The molecule has 0 unspecified atom stereocenters. The number of sulfonamides is 1. The largest absolute Gasteiger partial charge is 0.497 e. The van der Waals surface area contributed by atoms with E-state index in [1.54, 1.807) is 93.1 Å². The third-order valence-electron chi connectivity index (χ3n) is 8.51. The van der Waals surface area contributed by atoms with Crippen LogP contribution in [0.5, 0.6) is 11.5 Å². The number of amides is 1. The smallest absolute Gasteiger partial charge is 0.416 e. The second kappa shape index (κ2) is 15.7. The summed E-state index contributed by atoms with van der Waals surface area (Å²) < 4.78 is 82.7. The van der Waals surface area contributed by atoms with Crippen LogP contribution in [0.1, 0.15) is 27.8 Å². The van der Waals surface area contributed by atoms with E-state index in [1.807, 2.05) is 0 Å². The zero-order valence-electron chi connectivity index (χ0n) is 28.6. The molecule has 53 heavy (non-hydrogen) atoms. The minimum Gasteiger partial charge on any atom is -0.497 e. The Balaban J connectivity index is 1.42. The number of methoxy groups -OCH3 is 2. The number of carbonyl (C=O) groups excluding carboxylic acids is 1. The first kappa shape index (κ1) is 37.4. The number of alkyl halides is 3. The van der Waals surface area contributed by atoms with Gasteiger partial charge in [-0.25, -0.2) is 8.42 Å². The van der Waals surface area contributed by atoms with Crippen molar-refractivity contribution in [3.63, 3.8) is 0 Å². The van der Waals surface area contributed by atoms with Gasteiger partial charge in [-0.15, -0.1) is 0 Å². The highest BCUT2D eigenvalue weighted by Crippen LogP contribution is 2.33. The molecule has 1 N–H and O–H groups in total. The second-order valence-corrected chi connectivity index (χ2v) is 14.5. The van der Waals surface area contributed by atoms with Gasteiger partial charge in [-0.05, 0) is 76.9 Å². The lowest BCUT2D eigenvalue weighted by Gasteiger charge is -2.23. The van der Waals surface area contributed by atoms with E-state index in [1.165, 1.54) is 33.4 Å². The lowest BCUT2D eigenvalue weighted by Crippen LogP contribution is -2.30. The molecule has 0 bridgehead atoms. The molecule has 5 aromatic carbocycles. The first-order valence-electron chi connectivity index (χ1n) is 16.3. The number of halogens is 4. The van der Waals surface area contributed by atoms with E-state index in [0.29, 0.717) is 38.8 Å². The molecular formula is C39H34ClF3N4O5S. The van der Waals surface area contributed by atoms with Gasteiger partial charge in [0, 0.05) is 35.4 Å². The van der Waals surface area contributed by atoms with Crippen molar-refractivity contribution in [2.24, 2.45) is 0 Å². The maximum atomic E-state index is 14.9. The summed E-state index contributed by atoms with van der Waals surface area (Å²) in [5, 5.41) is 8.07. The van der Waals surface area contributed by atoms with Crippen LogP contribution in [-0.4, -0.2) is 42.6 Å².